The van der Waals surface area contributed by atoms with Crippen molar-refractivity contribution < 1.29 is 0 Å². The van der Waals surface area contributed by atoms with Gasteiger partial charge in [0.1, 0.15) is 16.7 Å². The SMILES string of the molecule is Cc1nc(N2CCN(c3cnn(C)c(=O)c3Cl)CC2)c2ccncc2n1. The Balaban J connectivity index is 1.60. The summed E-state index contributed by atoms with van der Waals surface area (Å²) in [7, 11) is 1.59. The van der Waals surface area contributed by atoms with Crippen LogP contribution in [0.4, 0.5) is 11.5 Å². The number of aromatic nitrogens is 5. The van der Waals surface area contributed by atoms with E-state index in [1.165, 1.54) is 4.68 Å². The van der Waals surface area contributed by atoms with Crippen LogP contribution in [0.3, 0.4) is 0 Å². The molecule has 0 saturated carbocycles. The van der Waals surface area contributed by atoms with Crippen molar-refractivity contribution in [1.29, 1.82) is 0 Å². The Morgan fingerprint density at radius 3 is 2.58 bits per heavy atom. The van der Waals surface area contributed by atoms with Gasteiger partial charge in [0, 0.05) is 44.8 Å². The highest BCUT2D eigenvalue weighted by Gasteiger charge is 2.23. The van der Waals surface area contributed by atoms with Crippen LogP contribution in [0.2, 0.25) is 5.02 Å². The summed E-state index contributed by atoms with van der Waals surface area (Å²) < 4.78 is 1.24. The topological polar surface area (TPSA) is 80.0 Å². The predicted octanol–water partition coefficient (Wildman–Crippen LogP) is 1.41. The zero-order valence-corrected chi connectivity index (χ0v) is 15.3. The minimum absolute atomic E-state index is 0.213. The van der Waals surface area contributed by atoms with Crippen LogP contribution < -0.4 is 15.4 Å². The Morgan fingerprint density at radius 2 is 1.81 bits per heavy atom. The van der Waals surface area contributed by atoms with Crippen molar-refractivity contribution in [3.8, 4) is 0 Å². The first-order chi connectivity index (χ1) is 12.5. The molecule has 1 fully saturated rings. The third-order valence-electron chi connectivity index (χ3n) is 4.57. The Kier molecular flexibility index (Phi) is 4.20. The summed E-state index contributed by atoms with van der Waals surface area (Å²) in [4.78, 5) is 29.6. The lowest BCUT2D eigenvalue weighted by Crippen LogP contribution is -2.47. The number of halogens is 1. The highest BCUT2D eigenvalue weighted by molar-refractivity contribution is 6.33. The number of hydrogen-bond acceptors (Lipinski definition) is 7. The van der Waals surface area contributed by atoms with Gasteiger partial charge in [0.05, 0.1) is 23.6 Å². The van der Waals surface area contributed by atoms with Gasteiger partial charge in [-0.3, -0.25) is 9.78 Å². The summed E-state index contributed by atoms with van der Waals surface area (Å²) in [5.74, 6) is 1.64. The van der Waals surface area contributed by atoms with Crippen molar-refractivity contribution in [3.63, 3.8) is 0 Å². The first-order valence-electron chi connectivity index (χ1n) is 8.34. The van der Waals surface area contributed by atoms with Gasteiger partial charge in [0.15, 0.2) is 0 Å². The molecule has 0 radical (unpaired) electrons. The number of pyridine rings is 1. The molecule has 0 unspecified atom stereocenters. The Labute approximate surface area is 155 Å². The molecule has 8 nitrogen and oxygen atoms in total. The van der Waals surface area contributed by atoms with Crippen molar-refractivity contribution in [3.05, 3.63) is 45.9 Å². The largest absolute Gasteiger partial charge is 0.365 e. The maximum absolute atomic E-state index is 12.0. The predicted molar refractivity (Wildman–Crippen MR) is 101 cm³/mol. The van der Waals surface area contributed by atoms with E-state index < -0.39 is 0 Å². The van der Waals surface area contributed by atoms with E-state index in [9.17, 15) is 4.79 Å². The Hall–Kier alpha value is -2.74. The number of piperazine rings is 1. The van der Waals surface area contributed by atoms with Crippen molar-refractivity contribution in [1.82, 2.24) is 24.7 Å². The summed E-state index contributed by atoms with van der Waals surface area (Å²) in [6, 6.07) is 1.94. The second-order valence-electron chi connectivity index (χ2n) is 6.23. The lowest BCUT2D eigenvalue weighted by molar-refractivity contribution is 0.639. The molecule has 26 heavy (non-hydrogen) atoms. The van der Waals surface area contributed by atoms with E-state index in [0.29, 0.717) is 5.69 Å². The number of anilines is 2. The molecule has 0 aromatic carbocycles. The maximum Gasteiger partial charge on any atom is 0.287 e. The van der Waals surface area contributed by atoms with Gasteiger partial charge >= 0.3 is 0 Å². The van der Waals surface area contributed by atoms with Crippen LogP contribution in [0, 0.1) is 6.92 Å². The van der Waals surface area contributed by atoms with Gasteiger partial charge in [-0.25, -0.2) is 14.6 Å². The summed E-state index contributed by atoms with van der Waals surface area (Å²) in [6.07, 6.45) is 5.16. The first kappa shape index (κ1) is 16.7. The molecule has 0 amide bonds. The Bertz CT molecular complexity index is 1030. The minimum atomic E-state index is -0.281. The van der Waals surface area contributed by atoms with Crippen molar-refractivity contribution in [2.45, 2.75) is 6.92 Å². The summed E-state index contributed by atoms with van der Waals surface area (Å²) in [6.45, 7) is 4.87. The van der Waals surface area contributed by atoms with Crippen molar-refractivity contribution in [2.24, 2.45) is 7.05 Å². The van der Waals surface area contributed by atoms with Crippen LogP contribution >= 0.6 is 11.6 Å². The van der Waals surface area contributed by atoms with E-state index in [2.05, 4.69) is 29.9 Å². The van der Waals surface area contributed by atoms with Gasteiger partial charge in [0.25, 0.3) is 5.56 Å². The molecule has 1 saturated heterocycles. The van der Waals surface area contributed by atoms with Gasteiger partial charge in [-0.05, 0) is 13.0 Å². The van der Waals surface area contributed by atoms with Crippen LogP contribution in [-0.4, -0.2) is 50.9 Å². The van der Waals surface area contributed by atoms with Crippen LogP contribution in [-0.2, 0) is 7.05 Å². The molecule has 4 heterocycles. The maximum atomic E-state index is 12.0. The summed E-state index contributed by atoms with van der Waals surface area (Å²) in [5.41, 5.74) is 1.25. The van der Waals surface area contributed by atoms with Crippen LogP contribution in [0.15, 0.2) is 29.5 Å². The number of aryl methyl sites for hydroxylation is 2. The molecule has 0 atom stereocenters. The molecule has 0 aliphatic carbocycles. The molecule has 1 aliphatic rings. The summed E-state index contributed by atoms with van der Waals surface area (Å²) >= 11 is 6.23. The normalized spacial score (nSPS) is 14.9. The first-order valence-corrected chi connectivity index (χ1v) is 8.72. The monoisotopic (exact) mass is 371 g/mol. The molecule has 3 aromatic rings. The van der Waals surface area contributed by atoms with Gasteiger partial charge in [-0.2, -0.15) is 5.10 Å². The van der Waals surface area contributed by atoms with E-state index in [-0.39, 0.29) is 10.6 Å². The van der Waals surface area contributed by atoms with Crippen molar-refractivity contribution in [2.75, 3.05) is 36.0 Å². The minimum Gasteiger partial charge on any atom is -0.365 e. The van der Waals surface area contributed by atoms with E-state index >= 15 is 0 Å². The number of fused-ring (bicyclic) bond motifs is 1. The second kappa shape index (κ2) is 6.53. The fraction of sp³-hybridized carbons (Fsp3) is 0.353. The van der Waals surface area contributed by atoms with Gasteiger partial charge in [-0.15, -0.1) is 0 Å². The van der Waals surface area contributed by atoms with Gasteiger partial charge in [0.2, 0.25) is 0 Å². The highest BCUT2D eigenvalue weighted by Crippen LogP contribution is 2.27. The van der Waals surface area contributed by atoms with Crippen molar-refractivity contribution >= 4 is 34.0 Å². The van der Waals surface area contributed by atoms with E-state index in [0.717, 1.165) is 48.7 Å². The fourth-order valence-electron chi connectivity index (χ4n) is 3.20. The molecule has 3 aromatic heterocycles. The number of rotatable bonds is 2. The van der Waals surface area contributed by atoms with Crippen LogP contribution in [0.1, 0.15) is 5.82 Å². The third-order valence-corrected chi connectivity index (χ3v) is 4.93. The lowest BCUT2D eigenvalue weighted by Gasteiger charge is -2.37. The number of hydrogen-bond donors (Lipinski definition) is 0. The van der Waals surface area contributed by atoms with Gasteiger partial charge < -0.3 is 9.80 Å². The molecule has 1 aliphatic heterocycles. The molecule has 0 N–H and O–H groups in total. The molecule has 4 rings (SSSR count). The van der Waals surface area contributed by atoms with Gasteiger partial charge in [-0.1, -0.05) is 11.6 Å². The average molecular weight is 372 g/mol. The van der Waals surface area contributed by atoms with Crippen LogP contribution in [0.25, 0.3) is 10.9 Å². The van der Waals surface area contributed by atoms with E-state index in [1.807, 2.05) is 13.0 Å². The van der Waals surface area contributed by atoms with Crippen LogP contribution in [0.5, 0.6) is 0 Å². The average Bonchev–Trinajstić information content (AvgIpc) is 2.66. The molecule has 0 bridgehead atoms. The zero-order valence-electron chi connectivity index (χ0n) is 14.6. The molecular formula is C17H18ClN7O. The lowest BCUT2D eigenvalue weighted by atomic mass is 10.2. The fourth-order valence-corrected chi connectivity index (χ4v) is 3.49. The molecule has 134 valence electrons. The highest BCUT2D eigenvalue weighted by atomic mass is 35.5. The molecular weight excluding hydrogens is 354 g/mol. The summed E-state index contributed by atoms with van der Waals surface area (Å²) in [5, 5.41) is 5.29. The van der Waals surface area contributed by atoms with E-state index in [1.54, 1.807) is 25.6 Å². The number of nitrogens with zero attached hydrogens (tertiary/aromatic N) is 7. The quantitative estimate of drug-likeness (QED) is 0.673. The third kappa shape index (κ3) is 2.86. The molecule has 0 spiro atoms. The standard InChI is InChI=1S/C17H18ClN7O/c1-11-21-13-9-19-4-3-12(13)16(22-11)25-7-5-24(6-8-25)14-10-20-23(2)17(26)15(14)18/h3-4,9-10H,5-8H2,1-2H3. The smallest absolute Gasteiger partial charge is 0.287 e. The second-order valence-corrected chi connectivity index (χ2v) is 6.61. The zero-order chi connectivity index (χ0) is 18.3. The molecule has 9 heteroatoms. The van der Waals surface area contributed by atoms with E-state index in [4.69, 9.17) is 11.6 Å². The Morgan fingerprint density at radius 1 is 1.08 bits per heavy atom.